The molecule has 1 unspecified atom stereocenters. The number of hydrogen-bond acceptors (Lipinski definition) is 3. The molecule has 1 aromatic rings. The van der Waals surface area contributed by atoms with Gasteiger partial charge in [-0.2, -0.15) is 11.8 Å². The Morgan fingerprint density at radius 2 is 1.87 bits per heavy atom. The van der Waals surface area contributed by atoms with Crippen LogP contribution in [0.4, 0.5) is 0 Å². The zero-order chi connectivity index (χ0) is 10.8. The summed E-state index contributed by atoms with van der Waals surface area (Å²) >= 11 is 1.96. The van der Waals surface area contributed by atoms with E-state index in [-0.39, 0.29) is 0 Å². The van der Waals surface area contributed by atoms with Crippen molar-refractivity contribution in [2.45, 2.75) is 31.3 Å². The van der Waals surface area contributed by atoms with Crippen LogP contribution < -0.4 is 9.47 Å². The summed E-state index contributed by atoms with van der Waals surface area (Å²) in [4.78, 5) is 0. The van der Waals surface area contributed by atoms with Crippen molar-refractivity contribution >= 4 is 11.8 Å². The van der Waals surface area contributed by atoms with Gasteiger partial charge in [0.1, 0.15) is 0 Å². The SMILES string of the molecule is CC(C)SC(C)c1ccc2c(c1)OCO2. The fraction of sp³-hybridized carbons (Fsp3) is 0.500. The Kier molecular flexibility index (Phi) is 3.10. The van der Waals surface area contributed by atoms with Crippen molar-refractivity contribution in [3.8, 4) is 11.5 Å². The van der Waals surface area contributed by atoms with E-state index >= 15 is 0 Å². The second kappa shape index (κ2) is 4.35. The molecule has 0 aliphatic carbocycles. The molecule has 1 aliphatic rings. The molecule has 0 aromatic heterocycles. The number of hydrogen-bond donors (Lipinski definition) is 0. The van der Waals surface area contributed by atoms with Crippen LogP contribution in [0.1, 0.15) is 31.6 Å². The Hall–Kier alpha value is -0.830. The second-order valence-electron chi connectivity index (χ2n) is 3.94. The Morgan fingerprint density at radius 1 is 1.13 bits per heavy atom. The summed E-state index contributed by atoms with van der Waals surface area (Å²) in [6.45, 7) is 7.01. The average Bonchev–Trinajstić information content (AvgIpc) is 2.62. The summed E-state index contributed by atoms with van der Waals surface area (Å²) in [5, 5.41) is 1.14. The number of ether oxygens (including phenoxy) is 2. The van der Waals surface area contributed by atoms with Gasteiger partial charge in [0, 0.05) is 5.25 Å². The molecule has 0 saturated heterocycles. The number of thioether (sulfide) groups is 1. The third-order valence-corrected chi connectivity index (χ3v) is 3.57. The minimum Gasteiger partial charge on any atom is -0.454 e. The van der Waals surface area contributed by atoms with Crippen molar-refractivity contribution in [2.24, 2.45) is 0 Å². The van der Waals surface area contributed by atoms with E-state index in [1.54, 1.807) is 0 Å². The molecule has 0 amide bonds. The van der Waals surface area contributed by atoms with E-state index in [9.17, 15) is 0 Å². The highest BCUT2D eigenvalue weighted by atomic mass is 32.2. The summed E-state index contributed by atoms with van der Waals surface area (Å²) < 4.78 is 10.6. The van der Waals surface area contributed by atoms with Gasteiger partial charge in [0.05, 0.1) is 0 Å². The lowest BCUT2D eigenvalue weighted by atomic mass is 10.1. The molecule has 3 heteroatoms. The lowest BCUT2D eigenvalue weighted by Gasteiger charge is -2.14. The lowest BCUT2D eigenvalue weighted by molar-refractivity contribution is 0.174. The predicted octanol–water partition coefficient (Wildman–Crippen LogP) is 3.62. The van der Waals surface area contributed by atoms with Gasteiger partial charge >= 0.3 is 0 Å². The highest BCUT2D eigenvalue weighted by Crippen LogP contribution is 2.38. The summed E-state index contributed by atoms with van der Waals surface area (Å²) in [7, 11) is 0. The van der Waals surface area contributed by atoms with Gasteiger partial charge in [-0.05, 0) is 29.9 Å². The van der Waals surface area contributed by atoms with Crippen LogP contribution >= 0.6 is 11.8 Å². The Balaban J connectivity index is 2.15. The fourth-order valence-electron chi connectivity index (χ4n) is 1.65. The van der Waals surface area contributed by atoms with Crippen LogP contribution in [0.5, 0.6) is 11.5 Å². The summed E-state index contributed by atoms with van der Waals surface area (Å²) in [6.07, 6.45) is 0. The van der Waals surface area contributed by atoms with Crippen molar-refractivity contribution in [3.63, 3.8) is 0 Å². The first-order chi connectivity index (χ1) is 7.16. The van der Waals surface area contributed by atoms with Crippen LogP contribution in [0.2, 0.25) is 0 Å². The molecule has 1 aromatic carbocycles. The van der Waals surface area contributed by atoms with Crippen molar-refractivity contribution in [2.75, 3.05) is 6.79 Å². The van der Waals surface area contributed by atoms with E-state index in [0.29, 0.717) is 17.3 Å². The highest BCUT2D eigenvalue weighted by molar-refractivity contribution is 8.00. The average molecular weight is 224 g/mol. The lowest BCUT2D eigenvalue weighted by Crippen LogP contribution is -1.95. The van der Waals surface area contributed by atoms with Gasteiger partial charge in [0.25, 0.3) is 0 Å². The number of rotatable bonds is 3. The summed E-state index contributed by atoms with van der Waals surface area (Å²) in [5.74, 6) is 1.74. The van der Waals surface area contributed by atoms with Gasteiger partial charge in [-0.25, -0.2) is 0 Å². The molecule has 2 nitrogen and oxygen atoms in total. The first-order valence-corrected chi connectivity index (χ1v) is 6.16. The standard InChI is InChI=1S/C12H16O2S/c1-8(2)15-9(3)10-4-5-11-12(6-10)14-7-13-11/h4-6,8-9H,7H2,1-3H3. The van der Waals surface area contributed by atoms with E-state index < -0.39 is 0 Å². The molecule has 15 heavy (non-hydrogen) atoms. The Bertz CT molecular complexity index is 349. The van der Waals surface area contributed by atoms with Crippen LogP contribution in [-0.2, 0) is 0 Å². The van der Waals surface area contributed by atoms with Gasteiger partial charge < -0.3 is 9.47 Å². The highest BCUT2D eigenvalue weighted by Gasteiger charge is 2.16. The van der Waals surface area contributed by atoms with Crippen LogP contribution in [0.25, 0.3) is 0 Å². The van der Waals surface area contributed by atoms with Crippen molar-refractivity contribution in [3.05, 3.63) is 23.8 Å². The van der Waals surface area contributed by atoms with Crippen molar-refractivity contribution < 1.29 is 9.47 Å². The Morgan fingerprint density at radius 3 is 2.60 bits per heavy atom. The molecule has 0 radical (unpaired) electrons. The van der Waals surface area contributed by atoms with Crippen LogP contribution in [0, 0.1) is 0 Å². The Labute approximate surface area is 95.0 Å². The van der Waals surface area contributed by atoms with Crippen LogP contribution in [0.3, 0.4) is 0 Å². The van der Waals surface area contributed by atoms with Gasteiger partial charge in [-0.3, -0.25) is 0 Å². The third-order valence-electron chi connectivity index (χ3n) is 2.34. The number of fused-ring (bicyclic) bond motifs is 1. The maximum absolute atomic E-state index is 5.36. The minimum atomic E-state index is 0.352. The van der Waals surface area contributed by atoms with E-state index in [4.69, 9.17) is 9.47 Å². The molecule has 0 bridgehead atoms. The largest absolute Gasteiger partial charge is 0.454 e. The quantitative estimate of drug-likeness (QED) is 0.781. The second-order valence-corrected chi connectivity index (χ2v) is 5.86. The monoisotopic (exact) mass is 224 g/mol. The zero-order valence-electron chi connectivity index (χ0n) is 9.32. The maximum Gasteiger partial charge on any atom is 0.231 e. The molecule has 1 atom stereocenters. The van der Waals surface area contributed by atoms with Gasteiger partial charge in [0.15, 0.2) is 11.5 Å². The topological polar surface area (TPSA) is 18.5 Å². The first kappa shape index (κ1) is 10.7. The van der Waals surface area contributed by atoms with Crippen LogP contribution in [-0.4, -0.2) is 12.0 Å². The summed E-state index contributed by atoms with van der Waals surface area (Å²) in [5.41, 5.74) is 1.30. The van der Waals surface area contributed by atoms with Crippen molar-refractivity contribution in [1.82, 2.24) is 0 Å². The zero-order valence-corrected chi connectivity index (χ0v) is 10.1. The third kappa shape index (κ3) is 2.40. The molecule has 1 heterocycles. The molecule has 82 valence electrons. The van der Waals surface area contributed by atoms with Gasteiger partial charge in [-0.15, -0.1) is 0 Å². The van der Waals surface area contributed by atoms with Gasteiger partial charge in [0.2, 0.25) is 6.79 Å². The molecule has 0 spiro atoms. The minimum absolute atomic E-state index is 0.352. The van der Waals surface area contributed by atoms with Crippen molar-refractivity contribution in [1.29, 1.82) is 0 Å². The number of benzene rings is 1. The molecular formula is C12H16O2S. The van der Waals surface area contributed by atoms with Gasteiger partial charge in [-0.1, -0.05) is 19.9 Å². The predicted molar refractivity (Wildman–Crippen MR) is 63.7 cm³/mol. The van der Waals surface area contributed by atoms with E-state index in [1.807, 2.05) is 17.8 Å². The molecule has 0 fully saturated rings. The normalized spacial score (nSPS) is 15.7. The summed E-state index contributed by atoms with van der Waals surface area (Å²) in [6, 6.07) is 6.20. The van der Waals surface area contributed by atoms with E-state index in [1.165, 1.54) is 5.56 Å². The smallest absolute Gasteiger partial charge is 0.231 e. The van der Waals surface area contributed by atoms with Crippen LogP contribution in [0.15, 0.2) is 18.2 Å². The molecule has 0 saturated carbocycles. The molecule has 2 rings (SSSR count). The first-order valence-electron chi connectivity index (χ1n) is 5.22. The maximum atomic E-state index is 5.36. The fourth-order valence-corrected chi connectivity index (χ4v) is 2.77. The van der Waals surface area contributed by atoms with E-state index in [0.717, 1.165) is 11.5 Å². The molecular weight excluding hydrogens is 208 g/mol. The molecule has 1 aliphatic heterocycles. The van der Waals surface area contributed by atoms with E-state index in [2.05, 4.69) is 32.9 Å². The molecule has 0 N–H and O–H groups in total.